The molecule has 104 valence electrons. The van der Waals surface area contributed by atoms with Crippen LogP contribution in [0.3, 0.4) is 0 Å². The molecule has 0 aliphatic carbocycles. The molecule has 1 aromatic heterocycles. The first-order valence-electron chi connectivity index (χ1n) is 6.69. The highest BCUT2D eigenvalue weighted by molar-refractivity contribution is 7.09. The topological polar surface area (TPSA) is 64.8 Å². The average molecular weight is 279 g/mol. The van der Waals surface area contributed by atoms with Gasteiger partial charge >= 0.3 is 0 Å². The number of hydrogen-bond acceptors (Lipinski definition) is 6. The summed E-state index contributed by atoms with van der Waals surface area (Å²) in [6, 6.07) is 2.66. The van der Waals surface area contributed by atoms with Crippen molar-refractivity contribution >= 4 is 16.7 Å². The van der Waals surface area contributed by atoms with Crippen LogP contribution in [0.5, 0.6) is 0 Å². The van der Waals surface area contributed by atoms with Crippen LogP contribution in [-0.2, 0) is 5.41 Å². The highest BCUT2D eigenvalue weighted by Gasteiger charge is 2.22. The van der Waals surface area contributed by atoms with Gasteiger partial charge in [0.05, 0.1) is 12.6 Å². The molecule has 2 rings (SSSR count). The fourth-order valence-electron chi connectivity index (χ4n) is 2.10. The molecule has 6 heteroatoms. The van der Waals surface area contributed by atoms with Gasteiger partial charge < -0.3 is 5.32 Å². The third-order valence-electron chi connectivity index (χ3n) is 3.31. The normalized spacial score (nSPS) is 18.2. The molecule has 1 aromatic rings. The number of nitrogens with zero attached hydrogens (tertiary/aromatic N) is 4. The van der Waals surface area contributed by atoms with E-state index >= 15 is 0 Å². The lowest BCUT2D eigenvalue weighted by molar-refractivity contribution is 0.242. The molecule has 0 atom stereocenters. The smallest absolute Gasteiger partial charge is 0.202 e. The standard InChI is InChI=1S/C13H21N5S/c1-13(2,3)11-16-12(19-17-11)15-10-4-7-18(8-5-10)9-6-14/h10H,4-5,7-9H2,1-3H3,(H,15,16,17). The average Bonchev–Trinajstić information content (AvgIpc) is 2.80. The molecule has 0 saturated carbocycles. The van der Waals surface area contributed by atoms with Crippen molar-refractivity contribution in [3.63, 3.8) is 0 Å². The van der Waals surface area contributed by atoms with Crippen molar-refractivity contribution < 1.29 is 0 Å². The predicted octanol–water partition coefficient (Wildman–Crippen LogP) is 2.24. The number of anilines is 1. The largest absolute Gasteiger partial charge is 0.357 e. The summed E-state index contributed by atoms with van der Waals surface area (Å²) < 4.78 is 4.41. The summed E-state index contributed by atoms with van der Waals surface area (Å²) >= 11 is 1.44. The Balaban J connectivity index is 1.86. The molecule has 1 aliphatic rings. The van der Waals surface area contributed by atoms with Crippen molar-refractivity contribution in [3.05, 3.63) is 5.82 Å². The van der Waals surface area contributed by atoms with Gasteiger partial charge in [-0.1, -0.05) is 20.8 Å². The van der Waals surface area contributed by atoms with E-state index in [2.05, 4.69) is 46.4 Å². The Bertz CT molecular complexity index is 448. The van der Waals surface area contributed by atoms with Crippen molar-refractivity contribution in [1.82, 2.24) is 14.3 Å². The van der Waals surface area contributed by atoms with Gasteiger partial charge in [-0.05, 0) is 12.8 Å². The number of hydrogen-bond donors (Lipinski definition) is 1. The summed E-state index contributed by atoms with van der Waals surface area (Å²) in [5.74, 6) is 0.905. The summed E-state index contributed by atoms with van der Waals surface area (Å²) in [7, 11) is 0. The summed E-state index contributed by atoms with van der Waals surface area (Å²) in [6.07, 6.45) is 2.12. The number of rotatable bonds is 3. The quantitative estimate of drug-likeness (QED) is 0.860. The molecule has 1 fully saturated rings. The van der Waals surface area contributed by atoms with Gasteiger partial charge in [-0.2, -0.15) is 9.64 Å². The summed E-state index contributed by atoms with van der Waals surface area (Å²) in [4.78, 5) is 6.75. The highest BCUT2D eigenvalue weighted by atomic mass is 32.1. The van der Waals surface area contributed by atoms with Crippen LogP contribution >= 0.6 is 11.5 Å². The summed E-state index contributed by atoms with van der Waals surface area (Å²) in [6.45, 7) is 8.88. The van der Waals surface area contributed by atoms with Crippen molar-refractivity contribution in [3.8, 4) is 6.07 Å². The van der Waals surface area contributed by atoms with E-state index in [1.165, 1.54) is 11.5 Å². The van der Waals surface area contributed by atoms with E-state index in [9.17, 15) is 0 Å². The first-order chi connectivity index (χ1) is 8.99. The van der Waals surface area contributed by atoms with Gasteiger partial charge in [0.1, 0.15) is 5.82 Å². The molecule has 0 spiro atoms. The van der Waals surface area contributed by atoms with Crippen LogP contribution in [0.15, 0.2) is 0 Å². The van der Waals surface area contributed by atoms with E-state index in [1.807, 2.05) is 0 Å². The van der Waals surface area contributed by atoms with Crippen molar-refractivity contribution in [1.29, 1.82) is 5.26 Å². The van der Waals surface area contributed by atoms with Crippen LogP contribution in [0.2, 0.25) is 0 Å². The fourth-order valence-corrected chi connectivity index (χ4v) is 2.93. The monoisotopic (exact) mass is 279 g/mol. The molecule has 0 amide bonds. The van der Waals surface area contributed by atoms with Crippen LogP contribution in [0, 0.1) is 11.3 Å². The summed E-state index contributed by atoms with van der Waals surface area (Å²) in [5.41, 5.74) is 0.00654. The number of likely N-dealkylation sites (tertiary alicyclic amines) is 1. The van der Waals surface area contributed by atoms with E-state index in [1.54, 1.807) is 0 Å². The third kappa shape index (κ3) is 3.88. The van der Waals surface area contributed by atoms with Crippen LogP contribution in [0.4, 0.5) is 5.13 Å². The predicted molar refractivity (Wildman–Crippen MR) is 77.3 cm³/mol. The zero-order valence-electron chi connectivity index (χ0n) is 11.8. The van der Waals surface area contributed by atoms with E-state index in [4.69, 9.17) is 5.26 Å². The minimum atomic E-state index is 0.00654. The zero-order valence-corrected chi connectivity index (χ0v) is 12.6. The molecule has 0 bridgehead atoms. The van der Waals surface area contributed by atoms with Gasteiger partial charge in [-0.25, -0.2) is 4.98 Å². The van der Waals surface area contributed by atoms with Crippen LogP contribution in [-0.4, -0.2) is 39.9 Å². The van der Waals surface area contributed by atoms with Crippen LogP contribution < -0.4 is 5.32 Å². The Labute approximate surface area is 118 Å². The molecule has 0 radical (unpaired) electrons. The van der Waals surface area contributed by atoms with Crippen LogP contribution in [0.25, 0.3) is 0 Å². The Morgan fingerprint density at radius 3 is 2.63 bits per heavy atom. The molecule has 0 unspecified atom stereocenters. The molecule has 1 saturated heterocycles. The Morgan fingerprint density at radius 2 is 2.11 bits per heavy atom. The van der Waals surface area contributed by atoms with Gasteiger partial charge in [-0.3, -0.25) is 4.90 Å². The molecule has 0 aromatic carbocycles. The third-order valence-corrected chi connectivity index (χ3v) is 3.95. The van der Waals surface area contributed by atoms with Gasteiger partial charge in [0, 0.05) is 36.1 Å². The minimum absolute atomic E-state index is 0.00654. The maximum atomic E-state index is 8.67. The Morgan fingerprint density at radius 1 is 1.42 bits per heavy atom. The first-order valence-corrected chi connectivity index (χ1v) is 7.46. The molecule has 2 heterocycles. The SMILES string of the molecule is CC(C)(C)c1nsc(NC2CCN(CC#N)CC2)n1. The van der Waals surface area contributed by atoms with Crippen molar-refractivity contribution in [2.75, 3.05) is 25.0 Å². The number of piperidine rings is 1. The van der Waals surface area contributed by atoms with Crippen molar-refractivity contribution in [2.45, 2.75) is 45.1 Å². The van der Waals surface area contributed by atoms with E-state index in [0.29, 0.717) is 12.6 Å². The zero-order chi connectivity index (χ0) is 13.9. The molecule has 5 nitrogen and oxygen atoms in total. The first kappa shape index (κ1) is 14.2. The second kappa shape index (κ2) is 5.85. The fraction of sp³-hybridized carbons (Fsp3) is 0.769. The maximum Gasteiger partial charge on any atom is 0.202 e. The second-order valence-corrected chi connectivity index (χ2v) is 6.78. The number of nitriles is 1. The number of aromatic nitrogens is 2. The number of nitrogens with one attached hydrogen (secondary N) is 1. The van der Waals surface area contributed by atoms with Gasteiger partial charge in [0.25, 0.3) is 0 Å². The molecular weight excluding hydrogens is 258 g/mol. The van der Waals surface area contributed by atoms with E-state index in [0.717, 1.165) is 36.9 Å². The lowest BCUT2D eigenvalue weighted by Gasteiger charge is -2.30. The van der Waals surface area contributed by atoms with Crippen molar-refractivity contribution in [2.24, 2.45) is 0 Å². The second-order valence-electron chi connectivity index (χ2n) is 6.03. The minimum Gasteiger partial charge on any atom is -0.357 e. The van der Waals surface area contributed by atoms with Gasteiger partial charge in [-0.15, -0.1) is 0 Å². The summed E-state index contributed by atoms with van der Waals surface area (Å²) in [5, 5.41) is 13.1. The van der Waals surface area contributed by atoms with Crippen LogP contribution in [0.1, 0.15) is 39.4 Å². The highest BCUT2D eigenvalue weighted by Crippen LogP contribution is 2.24. The van der Waals surface area contributed by atoms with E-state index < -0.39 is 0 Å². The lowest BCUT2D eigenvalue weighted by atomic mass is 9.96. The van der Waals surface area contributed by atoms with E-state index in [-0.39, 0.29) is 5.41 Å². The molecule has 19 heavy (non-hydrogen) atoms. The molecule has 1 aliphatic heterocycles. The Kier molecular flexibility index (Phi) is 4.38. The van der Waals surface area contributed by atoms with Gasteiger partial charge in [0.2, 0.25) is 5.13 Å². The van der Waals surface area contributed by atoms with Gasteiger partial charge in [0.15, 0.2) is 0 Å². The molecular formula is C13H21N5S. The lowest BCUT2D eigenvalue weighted by Crippen LogP contribution is -2.39. The maximum absolute atomic E-state index is 8.67. The Hall–Kier alpha value is -1.19. The molecule has 1 N–H and O–H groups in total.